The second-order valence-electron chi connectivity index (χ2n) is 9.08. The minimum Gasteiger partial charge on any atom is -0.407 e. The van der Waals surface area contributed by atoms with Gasteiger partial charge >= 0.3 is 0 Å². The van der Waals surface area contributed by atoms with Crippen LogP contribution in [0, 0.1) is 5.92 Å². The van der Waals surface area contributed by atoms with Crippen molar-refractivity contribution in [3.63, 3.8) is 0 Å². The Balaban J connectivity index is 1.68. The number of rotatable bonds is 5. The SMILES string of the molecule is CC(C)(C)[Si](OCC1CNc2ccccc2C1)(c1ccccc1)c1ccccc1. The highest BCUT2D eigenvalue weighted by molar-refractivity contribution is 6.99. The van der Waals surface area contributed by atoms with E-state index in [4.69, 9.17) is 4.43 Å². The summed E-state index contributed by atoms with van der Waals surface area (Å²) in [6.07, 6.45) is 1.07. The van der Waals surface area contributed by atoms with Gasteiger partial charge in [-0.05, 0) is 33.5 Å². The van der Waals surface area contributed by atoms with Crippen LogP contribution in [-0.4, -0.2) is 21.5 Å². The third kappa shape index (κ3) is 3.90. The highest BCUT2D eigenvalue weighted by Gasteiger charge is 2.50. The largest absolute Gasteiger partial charge is 0.407 e. The van der Waals surface area contributed by atoms with Gasteiger partial charge in [-0.3, -0.25) is 0 Å². The Hall–Kier alpha value is -2.36. The quantitative estimate of drug-likeness (QED) is 0.617. The maximum atomic E-state index is 7.12. The molecule has 1 heterocycles. The van der Waals surface area contributed by atoms with E-state index in [1.54, 1.807) is 0 Å². The number of para-hydroxylation sites is 1. The molecule has 0 bridgehead atoms. The fourth-order valence-electron chi connectivity index (χ4n) is 4.63. The van der Waals surface area contributed by atoms with Crippen LogP contribution in [0.15, 0.2) is 84.9 Å². The molecule has 0 saturated carbocycles. The predicted octanol–water partition coefficient (Wildman–Crippen LogP) is 4.85. The smallest absolute Gasteiger partial charge is 0.261 e. The number of hydrogen-bond acceptors (Lipinski definition) is 2. The Labute approximate surface area is 176 Å². The highest BCUT2D eigenvalue weighted by Crippen LogP contribution is 2.37. The number of anilines is 1. The lowest BCUT2D eigenvalue weighted by Crippen LogP contribution is -2.67. The molecule has 0 saturated heterocycles. The number of nitrogens with one attached hydrogen (secondary N) is 1. The summed E-state index contributed by atoms with van der Waals surface area (Å²) in [5, 5.41) is 6.33. The standard InChI is InChI=1S/C26H31NOSi/c1-26(2,3)29(23-13-6-4-7-14-23,24-15-8-5-9-16-24)28-20-21-18-22-12-10-11-17-25(22)27-19-21/h4-17,21,27H,18-20H2,1-3H3. The average Bonchev–Trinajstić information content (AvgIpc) is 2.75. The van der Waals surface area contributed by atoms with Crippen LogP contribution in [0.2, 0.25) is 5.04 Å². The molecule has 150 valence electrons. The zero-order chi connectivity index (χ0) is 20.3. The van der Waals surface area contributed by atoms with Crippen molar-refractivity contribution in [3.8, 4) is 0 Å². The van der Waals surface area contributed by atoms with E-state index in [1.165, 1.54) is 21.6 Å². The molecule has 29 heavy (non-hydrogen) atoms. The lowest BCUT2D eigenvalue weighted by Gasteiger charge is -2.44. The van der Waals surface area contributed by atoms with Gasteiger partial charge in [0, 0.05) is 24.8 Å². The van der Waals surface area contributed by atoms with Crippen molar-refractivity contribution in [2.24, 2.45) is 5.92 Å². The van der Waals surface area contributed by atoms with E-state index in [9.17, 15) is 0 Å². The van der Waals surface area contributed by atoms with Gasteiger partial charge in [0.25, 0.3) is 8.32 Å². The van der Waals surface area contributed by atoms with Crippen molar-refractivity contribution >= 4 is 24.4 Å². The fraction of sp³-hybridized carbons (Fsp3) is 0.308. The molecule has 0 amide bonds. The summed E-state index contributed by atoms with van der Waals surface area (Å²) in [5.74, 6) is 0.478. The van der Waals surface area contributed by atoms with E-state index in [-0.39, 0.29) is 5.04 Å². The van der Waals surface area contributed by atoms with E-state index in [0.717, 1.165) is 19.6 Å². The van der Waals surface area contributed by atoms with Crippen LogP contribution in [0.25, 0.3) is 0 Å². The van der Waals surface area contributed by atoms with Crippen molar-refractivity contribution in [2.45, 2.75) is 32.2 Å². The molecule has 4 rings (SSSR count). The Bertz CT molecular complexity index is 894. The van der Waals surface area contributed by atoms with Gasteiger partial charge in [0.1, 0.15) is 0 Å². The second-order valence-corrected chi connectivity index (χ2v) is 13.4. The Kier molecular flexibility index (Phi) is 5.62. The van der Waals surface area contributed by atoms with Gasteiger partial charge in [-0.1, -0.05) is 99.6 Å². The van der Waals surface area contributed by atoms with E-state index in [2.05, 4.69) is 111 Å². The minimum atomic E-state index is -2.45. The van der Waals surface area contributed by atoms with E-state index >= 15 is 0 Å². The summed E-state index contributed by atoms with van der Waals surface area (Å²) in [6.45, 7) is 8.76. The molecule has 0 fully saturated rings. The first kappa shape index (κ1) is 19.9. The number of hydrogen-bond donors (Lipinski definition) is 1. The van der Waals surface area contributed by atoms with Gasteiger partial charge in [0.15, 0.2) is 0 Å². The summed E-state index contributed by atoms with van der Waals surface area (Å²) in [6, 6.07) is 30.5. The van der Waals surface area contributed by atoms with Crippen molar-refractivity contribution in [1.29, 1.82) is 0 Å². The molecule has 1 N–H and O–H groups in total. The van der Waals surface area contributed by atoms with Gasteiger partial charge < -0.3 is 9.74 Å². The first-order valence-electron chi connectivity index (χ1n) is 10.6. The summed E-state index contributed by atoms with van der Waals surface area (Å²) >= 11 is 0. The molecule has 0 aliphatic carbocycles. The number of fused-ring (bicyclic) bond motifs is 1. The van der Waals surface area contributed by atoms with E-state index in [1.807, 2.05) is 0 Å². The second kappa shape index (κ2) is 8.17. The van der Waals surface area contributed by atoms with Crippen LogP contribution in [0.4, 0.5) is 5.69 Å². The summed E-state index contributed by atoms with van der Waals surface area (Å²) in [5.41, 5.74) is 2.67. The van der Waals surface area contributed by atoms with Gasteiger partial charge in [0.05, 0.1) is 0 Å². The fourth-order valence-corrected chi connectivity index (χ4v) is 9.27. The molecule has 1 atom stereocenters. The van der Waals surface area contributed by atoms with Crippen molar-refractivity contribution in [2.75, 3.05) is 18.5 Å². The topological polar surface area (TPSA) is 21.3 Å². The normalized spacial score (nSPS) is 16.7. The molecule has 1 unspecified atom stereocenters. The maximum Gasteiger partial charge on any atom is 0.261 e. The molecule has 3 aromatic carbocycles. The Morgan fingerprint density at radius 3 is 1.97 bits per heavy atom. The van der Waals surface area contributed by atoms with Crippen molar-refractivity contribution in [3.05, 3.63) is 90.5 Å². The lowest BCUT2D eigenvalue weighted by molar-refractivity contribution is 0.238. The molecule has 1 aliphatic rings. The first-order chi connectivity index (χ1) is 14.0. The maximum absolute atomic E-state index is 7.12. The van der Waals surface area contributed by atoms with Crippen LogP contribution in [0.1, 0.15) is 26.3 Å². The Morgan fingerprint density at radius 1 is 0.828 bits per heavy atom. The molecule has 1 aliphatic heterocycles. The predicted molar refractivity (Wildman–Crippen MR) is 126 cm³/mol. The van der Waals surface area contributed by atoms with Crippen LogP contribution in [0.3, 0.4) is 0 Å². The molecule has 0 spiro atoms. The van der Waals surface area contributed by atoms with E-state index < -0.39 is 8.32 Å². The van der Waals surface area contributed by atoms with Crippen LogP contribution in [0.5, 0.6) is 0 Å². The average molecular weight is 402 g/mol. The summed E-state index contributed by atoms with van der Waals surface area (Å²) in [7, 11) is -2.45. The summed E-state index contributed by atoms with van der Waals surface area (Å²) in [4.78, 5) is 0. The number of benzene rings is 3. The van der Waals surface area contributed by atoms with Crippen LogP contribution < -0.4 is 15.7 Å². The van der Waals surface area contributed by atoms with Crippen molar-refractivity contribution in [1.82, 2.24) is 0 Å². The first-order valence-corrected chi connectivity index (χ1v) is 12.5. The van der Waals surface area contributed by atoms with E-state index in [0.29, 0.717) is 5.92 Å². The molecular formula is C26H31NOSi. The third-order valence-corrected chi connectivity index (χ3v) is 11.1. The van der Waals surface area contributed by atoms with Gasteiger partial charge in [-0.15, -0.1) is 0 Å². The van der Waals surface area contributed by atoms with Crippen LogP contribution >= 0.6 is 0 Å². The van der Waals surface area contributed by atoms with Gasteiger partial charge in [-0.25, -0.2) is 0 Å². The molecular weight excluding hydrogens is 370 g/mol. The lowest BCUT2D eigenvalue weighted by atomic mass is 9.95. The Morgan fingerprint density at radius 2 is 1.38 bits per heavy atom. The molecule has 3 heteroatoms. The minimum absolute atomic E-state index is 0.0235. The molecule has 3 aromatic rings. The van der Waals surface area contributed by atoms with Crippen molar-refractivity contribution < 1.29 is 4.43 Å². The summed E-state index contributed by atoms with van der Waals surface area (Å²) < 4.78 is 7.12. The highest BCUT2D eigenvalue weighted by atomic mass is 28.4. The van der Waals surface area contributed by atoms with Gasteiger partial charge in [-0.2, -0.15) is 0 Å². The monoisotopic (exact) mass is 401 g/mol. The zero-order valence-electron chi connectivity index (χ0n) is 17.7. The molecule has 2 nitrogen and oxygen atoms in total. The zero-order valence-corrected chi connectivity index (χ0v) is 18.7. The molecule has 0 radical (unpaired) electrons. The molecule has 0 aromatic heterocycles. The third-order valence-electron chi connectivity index (χ3n) is 6.06. The van der Waals surface area contributed by atoms with Crippen LogP contribution in [-0.2, 0) is 10.8 Å². The van der Waals surface area contributed by atoms with Gasteiger partial charge in [0.2, 0.25) is 0 Å².